The highest BCUT2D eigenvalue weighted by Gasteiger charge is 2.49. The van der Waals surface area contributed by atoms with Gasteiger partial charge in [0.05, 0.1) is 0 Å². The lowest BCUT2D eigenvalue weighted by molar-refractivity contribution is 0.102. The summed E-state index contributed by atoms with van der Waals surface area (Å²) in [5.74, 6) is 0. The Morgan fingerprint density at radius 1 is 0.571 bits per heavy atom. The van der Waals surface area contributed by atoms with Crippen molar-refractivity contribution in [2.75, 3.05) is 0 Å². The summed E-state index contributed by atoms with van der Waals surface area (Å²) in [7, 11) is 0. The smallest absolute Gasteiger partial charge is 0.0175 e. The standard InChI is InChI=1S/C20H21Br/c21-18-8-6-17(7-9-18)20-13-10-19(11-14-20,12-15-20)16-4-2-1-3-5-16/h1-9H,10-15H2. The fourth-order valence-corrected chi connectivity index (χ4v) is 4.91. The fourth-order valence-electron chi connectivity index (χ4n) is 4.65. The van der Waals surface area contributed by atoms with Crippen molar-refractivity contribution < 1.29 is 0 Å². The average Bonchev–Trinajstić information content (AvgIpc) is 2.58. The molecule has 3 saturated carbocycles. The Morgan fingerprint density at radius 3 is 1.48 bits per heavy atom. The average molecular weight is 341 g/mol. The summed E-state index contributed by atoms with van der Waals surface area (Å²) in [4.78, 5) is 0. The number of fused-ring (bicyclic) bond motifs is 3. The monoisotopic (exact) mass is 340 g/mol. The molecule has 3 aliphatic rings. The highest BCUT2D eigenvalue weighted by atomic mass is 79.9. The van der Waals surface area contributed by atoms with Crippen LogP contribution in [0.2, 0.25) is 0 Å². The number of hydrogen-bond donors (Lipinski definition) is 0. The molecule has 0 N–H and O–H groups in total. The van der Waals surface area contributed by atoms with Crippen molar-refractivity contribution in [1.82, 2.24) is 0 Å². The lowest BCUT2D eigenvalue weighted by Crippen LogP contribution is -2.46. The molecule has 1 heteroatoms. The molecule has 108 valence electrons. The second-order valence-corrected chi connectivity index (χ2v) is 7.85. The van der Waals surface area contributed by atoms with Crippen LogP contribution in [0.15, 0.2) is 59.1 Å². The maximum absolute atomic E-state index is 3.56. The molecule has 0 spiro atoms. The number of benzene rings is 2. The van der Waals surface area contributed by atoms with Crippen LogP contribution in [0.3, 0.4) is 0 Å². The molecule has 21 heavy (non-hydrogen) atoms. The summed E-state index contributed by atoms with van der Waals surface area (Å²) >= 11 is 3.56. The second kappa shape index (κ2) is 4.98. The third kappa shape index (κ3) is 2.17. The maximum atomic E-state index is 3.56. The lowest BCUT2D eigenvalue weighted by atomic mass is 9.50. The highest BCUT2D eigenvalue weighted by Crippen LogP contribution is 2.58. The van der Waals surface area contributed by atoms with Crippen LogP contribution in [0.4, 0.5) is 0 Å². The van der Waals surface area contributed by atoms with E-state index in [0.717, 1.165) is 0 Å². The van der Waals surface area contributed by atoms with Crippen LogP contribution in [0.5, 0.6) is 0 Å². The molecule has 0 atom stereocenters. The first-order chi connectivity index (χ1) is 10.2. The summed E-state index contributed by atoms with van der Waals surface area (Å²) in [6.07, 6.45) is 8.11. The minimum Gasteiger partial charge on any atom is -0.0622 e. The molecule has 2 aromatic carbocycles. The van der Waals surface area contributed by atoms with Gasteiger partial charge in [0.25, 0.3) is 0 Å². The van der Waals surface area contributed by atoms with Gasteiger partial charge < -0.3 is 0 Å². The van der Waals surface area contributed by atoms with Crippen LogP contribution in [0.1, 0.15) is 49.7 Å². The zero-order valence-corrected chi connectivity index (χ0v) is 13.9. The molecular formula is C20H21Br. The topological polar surface area (TPSA) is 0 Å². The summed E-state index contributed by atoms with van der Waals surface area (Å²) < 4.78 is 1.19. The third-order valence-corrected chi connectivity index (χ3v) is 6.62. The van der Waals surface area contributed by atoms with Crippen LogP contribution >= 0.6 is 15.9 Å². The van der Waals surface area contributed by atoms with Gasteiger partial charge in [0.2, 0.25) is 0 Å². The minimum atomic E-state index is 0.456. The van der Waals surface area contributed by atoms with Gasteiger partial charge in [0, 0.05) is 4.47 Å². The normalized spacial score (nSPS) is 31.3. The molecular weight excluding hydrogens is 320 g/mol. The van der Waals surface area contributed by atoms with E-state index in [-0.39, 0.29) is 0 Å². The summed E-state index contributed by atoms with van der Waals surface area (Å²) in [6.45, 7) is 0. The van der Waals surface area contributed by atoms with Gasteiger partial charge in [-0.2, -0.15) is 0 Å². The van der Waals surface area contributed by atoms with E-state index in [1.54, 1.807) is 11.1 Å². The number of rotatable bonds is 2. The zero-order chi connectivity index (χ0) is 14.3. The van der Waals surface area contributed by atoms with Gasteiger partial charge in [-0.3, -0.25) is 0 Å². The van der Waals surface area contributed by atoms with E-state index < -0.39 is 0 Å². The molecule has 2 aromatic rings. The first kappa shape index (κ1) is 13.6. The Labute approximate surface area is 135 Å². The molecule has 3 aliphatic carbocycles. The van der Waals surface area contributed by atoms with E-state index in [1.807, 2.05) is 0 Å². The molecule has 0 aromatic heterocycles. The summed E-state index contributed by atoms with van der Waals surface area (Å²) in [5, 5.41) is 0. The zero-order valence-electron chi connectivity index (χ0n) is 12.3. The van der Waals surface area contributed by atoms with Crippen molar-refractivity contribution in [2.45, 2.75) is 49.4 Å². The van der Waals surface area contributed by atoms with E-state index in [2.05, 4.69) is 70.5 Å². The van der Waals surface area contributed by atoms with Crippen molar-refractivity contribution in [3.63, 3.8) is 0 Å². The predicted molar refractivity (Wildman–Crippen MR) is 91.6 cm³/mol. The van der Waals surface area contributed by atoms with Crippen molar-refractivity contribution in [3.8, 4) is 0 Å². The molecule has 2 bridgehead atoms. The maximum Gasteiger partial charge on any atom is 0.0175 e. The van der Waals surface area contributed by atoms with E-state index >= 15 is 0 Å². The Bertz CT molecular complexity index is 602. The van der Waals surface area contributed by atoms with E-state index in [9.17, 15) is 0 Å². The molecule has 0 amide bonds. The van der Waals surface area contributed by atoms with Crippen molar-refractivity contribution in [1.29, 1.82) is 0 Å². The third-order valence-electron chi connectivity index (χ3n) is 6.09. The first-order valence-corrected chi connectivity index (χ1v) is 8.84. The Morgan fingerprint density at radius 2 is 1.00 bits per heavy atom. The lowest BCUT2D eigenvalue weighted by Gasteiger charge is -2.54. The van der Waals surface area contributed by atoms with Crippen LogP contribution in [0.25, 0.3) is 0 Å². The van der Waals surface area contributed by atoms with E-state index in [4.69, 9.17) is 0 Å². The van der Waals surface area contributed by atoms with Crippen molar-refractivity contribution in [3.05, 3.63) is 70.2 Å². The van der Waals surface area contributed by atoms with Gasteiger partial charge >= 0.3 is 0 Å². The molecule has 0 radical (unpaired) electrons. The molecule has 0 saturated heterocycles. The molecule has 0 unspecified atom stereocenters. The fraction of sp³-hybridized carbons (Fsp3) is 0.400. The summed E-state index contributed by atoms with van der Waals surface area (Å²) in [6, 6.07) is 20.3. The Kier molecular flexibility index (Phi) is 3.22. The quantitative estimate of drug-likeness (QED) is 0.629. The first-order valence-electron chi connectivity index (χ1n) is 8.04. The molecule has 0 heterocycles. The Balaban J connectivity index is 1.63. The van der Waals surface area contributed by atoms with Crippen LogP contribution < -0.4 is 0 Å². The van der Waals surface area contributed by atoms with E-state index in [1.165, 1.54) is 43.0 Å². The molecule has 5 rings (SSSR count). The van der Waals surface area contributed by atoms with Crippen molar-refractivity contribution in [2.24, 2.45) is 0 Å². The van der Waals surface area contributed by atoms with Gasteiger partial charge in [0.1, 0.15) is 0 Å². The Hall–Kier alpha value is -1.08. The SMILES string of the molecule is Brc1ccc(C23CCC(c4ccccc4)(CC2)CC3)cc1. The van der Waals surface area contributed by atoms with E-state index in [0.29, 0.717) is 10.8 Å². The van der Waals surface area contributed by atoms with Gasteiger partial charge in [-0.25, -0.2) is 0 Å². The van der Waals surface area contributed by atoms with Crippen molar-refractivity contribution >= 4 is 15.9 Å². The largest absolute Gasteiger partial charge is 0.0622 e. The number of halogens is 1. The van der Waals surface area contributed by atoms with Gasteiger partial charge in [-0.15, -0.1) is 0 Å². The van der Waals surface area contributed by atoms with Crippen LogP contribution in [-0.4, -0.2) is 0 Å². The molecule has 0 nitrogen and oxygen atoms in total. The number of hydrogen-bond acceptors (Lipinski definition) is 0. The highest BCUT2D eigenvalue weighted by molar-refractivity contribution is 9.10. The van der Waals surface area contributed by atoms with Gasteiger partial charge in [-0.1, -0.05) is 58.4 Å². The second-order valence-electron chi connectivity index (χ2n) is 6.93. The van der Waals surface area contributed by atoms with Crippen LogP contribution in [0, 0.1) is 0 Å². The summed E-state index contributed by atoms with van der Waals surface area (Å²) in [5.41, 5.74) is 4.07. The van der Waals surface area contributed by atoms with Gasteiger partial charge in [0.15, 0.2) is 0 Å². The van der Waals surface area contributed by atoms with Crippen LogP contribution in [-0.2, 0) is 10.8 Å². The molecule has 3 fully saturated rings. The van der Waals surface area contributed by atoms with Gasteiger partial charge in [-0.05, 0) is 72.6 Å². The molecule has 0 aliphatic heterocycles. The minimum absolute atomic E-state index is 0.456. The predicted octanol–water partition coefficient (Wildman–Crippen LogP) is 5.99.